The zero-order valence-corrected chi connectivity index (χ0v) is 10.4. The molecule has 0 radical (unpaired) electrons. The molecule has 2 unspecified atom stereocenters. The predicted octanol–water partition coefficient (Wildman–Crippen LogP) is 2.32. The molecule has 2 atom stereocenters. The van der Waals surface area contributed by atoms with Gasteiger partial charge < -0.3 is 9.97 Å². The average Bonchev–Trinajstić information content (AvgIpc) is 2.32. The van der Waals surface area contributed by atoms with E-state index >= 15 is 0 Å². The maximum absolute atomic E-state index is 5.82. The van der Waals surface area contributed by atoms with Crippen LogP contribution in [-0.4, -0.2) is 24.5 Å². The summed E-state index contributed by atoms with van der Waals surface area (Å²) in [6.45, 7) is 5.99. The summed E-state index contributed by atoms with van der Waals surface area (Å²) >= 11 is 0. The topological polar surface area (TPSA) is 34.2 Å². The molecule has 4 heteroatoms. The highest BCUT2D eigenvalue weighted by atomic mass is 16.4. The van der Waals surface area contributed by atoms with Gasteiger partial charge >= 0.3 is 0 Å². The van der Waals surface area contributed by atoms with E-state index in [1.165, 1.54) is 5.57 Å². The van der Waals surface area contributed by atoms with Crippen LogP contribution in [0, 0.1) is 0 Å². The molecule has 0 spiro atoms. The van der Waals surface area contributed by atoms with E-state index in [4.69, 9.17) is 4.65 Å². The lowest BCUT2D eigenvalue weighted by molar-refractivity contribution is 0.175. The third-order valence-corrected chi connectivity index (χ3v) is 2.96. The Bertz CT molecular complexity index is 361. The van der Waals surface area contributed by atoms with Gasteiger partial charge in [-0.25, -0.2) is 4.98 Å². The number of aromatic nitrogens is 1. The smallest absolute Gasteiger partial charge is 0.297 e. The second-order valence-corrected chi connectivity index (χ2v) is 4.75. The van der Waals surface area contributed by atoms with Gasteiger partial charge in [-0.2, -0.15) is 0 Å². The lowest BCUT2D eigenvalue weighted by atomic mass is 9.79. The third-order valence-electron chi connectivity index (χ3n) is 2.96. The molecule has 1 aromatic heterocycles. The average molecular weight is 230 g/mol. The number of rotatable bonds is 4. The second kappa shape index (κ2) is 5.87. The summed E-state index contributed by atoms with van der Waals surface area (Å²) in [5, 5.41) is 3.40. The summed E-state index contributed by atoms with van der Waals surface area (Å²) in [5.41, 5.74) is 1.20. The van der Waals surface area contributed by atoms with Gasteiger partial charge in [0.05, 0.1) is 0 Å². The molecular formula is C13H19BN2O. The summed E-state index contributed by atoms with van der Waals surface area (Å²) in [4.78, 5) is 4.26. The van der Waals surface area contributed by atoms with Gasteiger partial charge in [-0.1, -0.05) is 11.6 Å². The van der Waals surface area contributed by atoms with Crippen LogP contribution in [0.3, 0.4) is 0 Å². The molecular weight excluding hydrogens is 211 g/mol. The van der Waals surface area contributed by atoms with Gasteiger partial charge in [-0.15, -0.1) is 6.58 Å². The molecule has 0 bridgehead atoms. The Labute approximate surface area is 104 Å². The van der Waals surface area contributed by atoms with Crippen LogP contribution in [0.1, 0.15) is 26.2 Å². The lowest BCUT2D eigenvalue weighted by Crippen LogP contribution is -2.37. The SMILES string of the molecule is C=C(C)CC1CCC(Nc2ccccn2)BO1. The fourth-order valence-corrected chi connectivity index (χ4v) is 2.13. The number of pyridine rings is 1. The first-order chi connectivity index (χ1) is 8.24. The number of nitrogens with one attached hydrogen (secondary N) is 1. The summed E-state index contributed by atoms with van der Waals surface area (Å²) in [6, 6.07) is 5.90. The molecule has 2 heterocycles. The molecule has 1 fully saturated rings. The van der Waals surface area contributed by atoms with Crippen molar-refractivity contribution in [3.05, 3.63) is 36.5 Å². The van der Waals surface area contributed by atoms with E-state index in [0.717, 1.165) is 32.6 Å². The van der Waals surface area contributed by atoms with Gasteiger partial charge in [0.15, 0.2) is 0 Å². The Hall–Kier alpha value is -1.29. The zero-order chi connectivity index (χ0) is 12.1. The Kier molecular flexibility index (Phi) is 4.21. The standard InChI is InChI=1S/C13H19BN2O/c1-10(2)9-11-6-7-12(14-17-11)16-13-5-3-4-8-15-13/h3-5,8,11-12,14H,1,6-7,9H2,2H3,(H,15,16). The number of hydrogen-bond donors (Lipinski definition) is 1. The van der Waals surface area contributed by atoms with Crippen LogP contribution >= 0.6 is 0 Å². The maximum Gasteiger partial charge on any atom is 0.297 e. The Morgan fingerprint density at radius 1 is 1.59 bits per heavy atom. The highest BCUT2D eigenvalue weighted by molar-refractivity contribution is 6.31. The maximum atomic E-state index is 5.82. The number of anilines is 1. The van der Waals surface area contributed by atoms with Crippen LogP contribution in [0.5, 0.6) is 0 Å². The minimum atomic E-state index is 0.356. The van der Waals surface area contributed by atoms with E-state index in [0.29, 0.717) is 12.0 Å². The van der Waals surface area contributed by atoms with Crippen molar-refractivity contribution in [2.24, 2.45) is 0 Å². The van der Waals surface area contributed by atoms with E-state index in [9.17, 15) is 0 Å². The van der Waals surface area contributed by atoms with Gasteiger partial charge in [-0.05, 0) is 38.3 Å². The molecule has 1 aliphatic heterocycles. The van der Waals surface area contributed by atoms with Crippen molar-refractivity contribution in [3.8, 4) is 0 Å². The quantitative estimate of drug-likeness (QED) is 0.636. The van der Waals surface area contributed by atoms with Crippen molar-refractivity contribution < 1.29 is 4.65 Å². The van der Waals surface area contributed by atoms with Gasteiger partial charge in [0.25, 0.3) is 7.48 Å². The molecule has 0 aromatic carbocycles. The van der Waals surface area contributed by atoms with Gasteiger partial charge in [0.2, 0.25) is 0 Å². The van der Waals surface area contributed by atoms with Crippen molar-refractivity contribution >= 4 is 13.3 Å². The minimum Gasteiger partial charge on any atom is -0.434 e. The molecule has 1 saturated heterocycles. The van der Waals surface area contributed by atoms with Gasteiger partial charge in [0, 0.05) is 18.2 Å². The van der Waals surface area contributed by atoms with Crippen molar-refractivity contribution in [1.82, 2.24) is 4.98 Å². The molecule has 1 aliphatic rings. The molecule has 1 N–H and O–H groups in total. The summed E-state index contributed by atoms with van der Waals surface area (Å²) in [5.74, 6) is 1.31. The largest absolute Gasteiger partial charge is 0.434 e. The Morgan fingerprint density at radius 3 is 3.06 bits per heavy atom. The molecule has 3 nitrogen and oxygen atoms in total. The van der Waals surface area contributed by atoms with Gasteiger partial charge in [0.1, 0.15) is 5.82 Å². The molecule has 0 amide bonds. The van der Waals surface area contributed by atoms with Crippen LogP contribution in [0.2, 0.25) is 0 Å². The zero-order valence-electron chi connectivity index (χ0n) is 10.4. The van der Waals surface area contributed by atoms with Crippen LogP contribution in [0.25, 0.3) is 0 Å². The minimum absolute atomic E-state index is 0.356. The first-order valence-corrected chi connectivity index (χ1v) is 6.17. The van der Waals surface area contributed by atoms with Crippen molar-refractivity contribution in [2.75, 3.05) is 5.32 Å². The van der Waals surface area contributed by atoms with Crippen LogP contribution < -0.4 is 5.32 Å². The first kappa shape index (κ1) is 12.2. The van der Waals surface area contributed by atoms with Crippen LogP contribution in [-0.2, 0) is 4.65 Å². The third kappa shape index (κ3) is 3.89. The normalized spacial score (nSPS) is 23.8. The van der Waals surface area contributed by atoms with E-state index in [2.05, 4.69) is 23.8 Å². The molecule has 2 rings (SSSR count). The molecule has 17 heavy (non-hydrogen) atoms. The van der Waals surface area contributed by atoms with E-state index < -0.39 is 0 Å². The lowest BCUT2D eigenvalue weighted by Gasteiger charge is -2.29. The van der Waals surface area contributed by atoms with Crippen molar-refractivity contribution in [1.29, 1.82) is 0 Å². The fraction of sp³-hybridized carbons (Fsp3) is 0.462. The molecule has 0 aliphatic carbocycles. The highest BCUT2D eigenvalue weighted by Gasteiger charge is 2.23. The van der Waals surface area contributed by atoms with Crippen molar-refractivity contribution in [3.63, 3.8) is 0 Å². The van der Waals surface area contributed by atoms with Crippen molar-refractivity contribution in [2.45, 2.75) is 38.2 Å². The van der Waals surface area contributed by atoms with Gasteiger partial charge in [-0.3, -0.25) is 0 Å². The van der Waals surface area contributed by atoms with Crippen LogP contribution in [0.15, 0.2) is 36.5 Å². The summed E-state index contributed by atoms with van der Waals surface area (Å²) in [7, 11) is 0.758. The van der Waals surface area contributed by atoms with E-state index in [1.54, 1.807) is 6.20 Å². The summed E-state index contributed by atoms with van der Waals surface area (Å²) < 4.78 is 5.82. The van der Waals surface area contributed by atoms with Crippen LogP contribution in [0.4, 0.5) is 5.82 Å². The predicted molar refractivity (Wildman–Crippen MR) is 72.3 cm³/mol. The monoisotopic (exact) mass is 230 g/mol. The number of nitrogens with zero attached hydrogens (tertiary/aromatic N) is 1. The highest BCUT2D eigenvalue weighted by Crippen LogP contribution is 2.19. The molecule has 1 aromatic rings. The Morgan fingerprint density at radius 2 is 2.47 bits per heavy atom. The fourth-order valence-electron chi connectivity index (χ4n) is 2.13. The second-order valence-electron chi connectivity index (χ2n) is 4.75. The Balaban J connectivity index is 1.78. The van der Waals surface area contributed by atoms with E-state index in [1.807, 2.05) is 18.2 Å². The first-order valence-electron chi connectivity index (χ1n) is 6.17. The molecule has 90 valence electrons. The van der Waals surface area contributed by atoms with E-state index in [-0.39, 0.29) is 0 Å². The summed E-state index contributed by atoms with van der Waals surface area (Å²) in [6.07, 6.45) is 5.37. The number of hydrogen-bond acceptors (Lipinski definition) is 3. The molecule has 0 saturated carbocycles.